The van der Waals surface area contributed by atoms with Crippen molar-refractivity contribution in [2.24, 2.45) is 5.92 Å². The van der Waals surface area contributed by atoms with Crippen molar-refractivity contribution in [3.05, 3.63) is 42.6 Å². The third-order valence-electron chi connectivity index (χ3n) is 4.63. The number of nitrogens with zero attached hydrogens (tertiary/aromatic N) is 3. The SMILES string of the molecule is COc1ccc(NC(=O)C2CCN(c3nc4ccccc4o3)CC2)cn1. The van der Waals surface area contributed by atoms with Gasteiger partial charge in [-0.1, -0.05) is 12.1 Å². The number of oxazole rings is 1. The molecule has 0 saturated carbocycles. The molecular weight excluding hydrogens is 332 g/mol. The van der Waals surface area contributed by atoms with Gasteiger partial charge in [0.2, 0.25) is 11.8 Å². The van der Waals surface area contributed by atoms with Crippen molar-refractivity contribution in [2.75, 3.05) is 30.4 Å². The van der Waals surface area contributed by atoms with Gasteiger partial charge < -0.3 is 19.4 Å². The molecule has 3 heterocycles. The van der Waals surface area contributed by atoms with Crippen LogP contribution in [0.4, 0.5) is 11.7 Å². The van der Waals surface area contributed by atoms with Crippen LogP contribution >= 0.6 is 0 Å². The van der Waals surface area contributed by atoms with Crippen LogP contribution in [0.3, 0.4) is 0 Å². The Morgan fingerprint density at radius 1 is 1.23 bits per heavy atom. The third-order valence-corrected chi connectivity index (χ3v) is 4.63. The van der Waals surface area contributed by atoms with Crippen LogP contribution < -0.4 is 15.0 Å². The monoisotopic (exact) mass is 352 g/mol. The molecule has 1 aliphatic heterocycles. The third kappa shape index (κ3) is 3.33. The number of ether oxygens (including phenoxy) is 1. The maximum Gasteiger partial charge on any atom is 0.298 e. The van der Waals surface area contributed by atoms with Crippen LogP contribution in [0, 0.1) is 5.92 Å². The molecule has 7 heteroatoms. The number of para-hydroxylation sites is 2. The molecule has 2 aromatic heterocycles. The highest BCUT2D eigenvalue weighted by Gasteiger charge is 2.27. The summed E-state index contributed by atoms with van der Waals surface area (Å²) in [5.74, 6) is 0.515. The number of pyridine rings is 1. The minimum Gasteiger partial charge on any atom is -0.481 e. The van der Waals surface area contributed by atoms with E-state index in [0.717, 1.165) is 37.0 Å². The maximum absolute atomic E-state index is 12.5. The fourth-order valence-electron chi connectivity index (χ4n) is 3.15. The van der Waals surface area contributed by atoms with Crippen LogP contribution in [-0.4, -0.2) is 36.1 Å². The van der Waals surface area contributed by atoms with E-state index in [-0.39, 0.29) is 11.8 Å². The van der Waals surface area contributed by atoms with Crippen LogP contribution in [0.25, 0.3) is 11.1 Å². The zero-order chi connectivity index (χ0) is 17.9. The van der Waals surface area contributed by atoms with Crippen LogP contribution in [-0.2, 0) is 4.79 Å². The van der Waals surface area contributed by atoms with E-state index in [2.05, 4.69) is 20.2 Å². The molecule has 3 aromatic rings. The second-order valence-electron chi connectivity index (χ2n) is 6.30. The summed E-state index contributed by atoms with van der Waals surface area (Å²) >= 11 is 0. The number of aromatic nitrogens is 2. The lowest BCUT2D eigenvalue weighted by Gasteiger charge is -2.30. The van der Waals surface area contributed by atoms with Gasteiger partial charge in [0, 0.05) is 25.1 Å². The van der Waals surface area contributed by atoms with Gasteiger partial charge in [-0.25, -0.2) is 4.98 Å². The first-order valence-electron chi connectivity index (χ1n) is 8.64. The number of carbonyl (C=O) groups is 1. The molecule has 1 aliphatic rings. The Kier molecular flexibility index (Phi) is 4.43. The van der Waals surface area contributed by atoms with E-state index in [1.807, 2.05) is 24.3 Å². The fourth-order valence-corrected chi connectivity index (χ4v) is 3.15. The first kappa shape index (κ1) is 16.4. The predicted molar refractivity (Wildman–Crippen MR) is 98.4 cm³/mol. The van der Waals surface area contributed by atoms with Crippen molar-refractivity contribution in [1.29, 1.82) is 0 Å². The molecule has 7 nitrogen and oxygen atoms in total. The van der Waals surface area contributed by atoms with Crippen LogP contribution in [0.2, 0.25) is 0 Å². The lowest BCUT2D eigenvalue weighted by molar-refractivity contribution is -0.120. The van der Waals surface area contributed by atoms with Gasteiger partial charge >= 0.3 is 0 Å². The molecule has 26 heavy (non-hydrogen) atoms. The van der Waals surface area contributed by atoms with E-state index < -0.39 is 0 Å². The summed E-state index contributed by atoms with van der Waals surface area (Å²) in [6.07, 6.45) is 3.12. The molecule has 134 valence electrons. The number of anilines is 2. The van der Waals surface area contributed by atoms with E-state index in [9.17, 15) is 4.79 Å². The van der Waals surface area contributed by atoms with Crippen LogP contribution in [0.5, 0.6) is 5.88 Å². The van der Waals surface area contributed by atoms with Crippen LogP contribution in [0.15, 0.2) is 47.0 Å². The normalized spacial score (nSPS) is 15.2. The summed E-state index contributed by atoms with van der Waals surface area (Å²) in [4.78, 5) is 23.2. The zero-order valence-corrected chi connectivity index (χ0v) is 14.5. The molecule has 4 rings (SSSR count). The molecule has 1 N–H and O–H groups in total. The van der Waals surface area contributed by atoms with Gasteiger partial charge in [0.05, 0.1) is 19.0 Å². The molecular formula is C19H20N4O3. The second kappa shape index (κ2) is 7.03. The molecule has 1 fully saturated rings. The number of rotatable bonds is 4. The first-order chi connectivity index (χ1) is 12.7. The van der Waals surface area contributed by atoms with Crippen molar-refractivity contribution in [2.45, 2.75) is 12.8 Å². The molecule has 0 aliphatic carbocycles. The minimum atomic E-state index is -0.0299. The number of nitrogens with one attached hydrogen (secondary N) is 1. The first-order valence-corrected chi connectivity index (χ1v) is 8.64. The van der Waals surface area contributed by atoms with E-state index in [1.165, 1.54) is 0 Å². The van der Waals surface area contributed by atoms with Gasteiger partial charge in [0.1, 0.15) is 5.52 Å². The number of hydrogen-bond acceptors (Lipinski definition) is 6. The Morgan fingerprint density at radius 2 is 2.04 bits per heavy atom. The lowest BCUT2D eigenvalue weighted by Crippen LogP contribution is -2.38. The summed E-state index contributed by atoms with van der Waals surface area (Å²) in [5.41, 5.74) is 2.32. The van der Waals surface area contributed by atoms with Gasteiger partial charge in [-0.15, -0.1) is 0 Å². The van der Waals surface area contributed by atoms with Gasteiger partial charge in [-0.05, 0) is 31.0 Å². The van der Waals surface area contributed by atoms with Gasteiger partial charge in [-0.2, -0.15) is 4.98 Å². The molecule has 0 spiro atoms. The average molecular weight is 352 g/mol. The molecule has 1 aromatic carbocycles. The smallest absolute Gasteiger partial charge is 0.298 e. The summed E-state index contributed by atoms with van der Waals surface area (Å²) in [6, 6.07) is 11.9. The Balaban J connectivity index is 1.35. The molecule has 0 unspecified atom stereocenters. The van der Waals surface area contributed by atoms with E-state index >= 15 is 0 Å². The van der Waals surface area contributed by atoms with E-state index in [4.69, 9.17) is 9.15 Å². The highest BCUT2D eigenvalue weighted by atomic mass is 16.5. The van der Waals surface area contributed by atoms with Crippen molar-refractivity contribution < 1.29 is 13.9 Å². The average Bonchev–Trinajstić information content (AvgIpc) is 3.13. The number of amides is 1. The summed E-state index contributed by atoms with van der Waals surface area (Å²) in [6.45, 7) is 1.48. The number of benzene rings is 1. The van der Waals surface area contributed by atoms with Gasteiger partial charge in [0.15, 0.2) is 5.58 Å². The van der Waals surface area contributed by atoms with E-state index in [0.29, 0.717) is 17.6 Å². The molecule has 0 atom stereocenters. The van der Waals surface area contributed by atoms with Crippen LogP contribution in [0.1, 0.15) is 12.8 Å². The quantitative estimate of drug-likeness (QED) is 0.777. The molecule has 0 radical (unpaired) electrons. The standard InChI is InChI=1S/C19H20N4O3/c1-25-17-7-6-14(12-20-17)21-18(24)13-8-10-23(11-9-13)19-22-15-4-2-3-5-16(15)26-19/h2-7,12-13H,8-11H2,1H3,(H,21,24). The summed E-state index contributed by atoms with van der Waals surface area (Å²) < 4.78 is 10.8. The largest absolute Gasteiger partial charge is 0.481 e. The number of fused-ring (bicyclic) bond motifs is 1. The zero-order valence-electron chi connectivity index (χ0n) is 14.5. The Morgan fingerprint density at radius 3 is 2.73 bits per heavy atom. The predicted octanol–water partition coefficient (Wildman–Crippen LogP) is 3.09. The fraction of sp³-hybridized carbons (Fsp3) is 0.316. The molecule has 0 bridgehead atoms. The highest BCUT2D eigenvalue weighted by molar-refractivity contribution is 5.92. The van der Waals surface area contributed by atoms with Gasteiger partial charge in [0.25, 0.3) is 6.01 Å². The summed E-state index contributed by atoms with van der Waals surface area (Å²) in [5, 5.41) is 2.92. The topological polar surface area (TPSA) is 80.5 Å². The van der Waals surface area contributed by atoms with Crippen molar-refractivity contribution >= 4 is 28.7 Å². The lowest BCUT2D eigenvalue weighted by atomic mass is 9.96. The Bertz CT molecular complexity index is 866. The van der Waals surface area contributed by atoms with Crippen molar-refractivity contribution in [3.8, 4) is 5.88 Å². The number of piperidine rings is 1. The number of methoxy groups -OCH3 is 1. The Hall–Kier alpha value is -3.09. The van der Waals surface area contributed by atoms with E-state index in [1.54, 1.807) is 25.4 Å². The molecule has 1 saturated heterocycles. The summed E-state index contributed by atoms with van der Waals surface area (Å²) in [7, 11) is 1.56. The van der Waals surface area contributed by atoms with Gasteiger partial charge in [-0.3, -0.25) is 4.79 Å². The van der Waals surface area contributed by atoms with Crippen molar-refractivity contribution in [3.63, 3.8) is 0 Å². The second-order valence-corrected chi connectivity index (χ2v) is 6.30. The van der Waals surface area contributed by atoms with Crippen molar-refractivity contribution in [1.82, 2.24) is 9.97 Å². The number of hydrogen-bond donors (Lipinski definition) is 1. The Labute approximate surface area is 151 Å². The molecule has 1 amide bonds. The maximum atomic E-state index is 12.5. The minimum absolute atomic E-state index is 0.0224. The highest BCUT2D eigenvalue weighted by Crippen LogP contribution is 2.27. The number of carbonyl (C=O) groups excluding carboxylic acids is 1.